The zero-order valence-electron chi connectivity index (χ0n) is 15.0. The highest BCUT2D eigenvalue weighted by molar-refractivity contribution is 6.30. The lowest BCUT2D eigenvalue weighted by Gasteiger charge is -2.29. The van der Waals surface area contributed by atoms with Gasteiger partial charge in [0, 0.05) is 36.9 Å². The molecule has 7 heteroatoms. The average Bonchev–Trinajstić information content (AvgIpc) is 2.72. The monoisotopic (exact) mass is 389 g/mol. The quantitative estimate of drug-likeness (QED) is 0.710. The zero-order valence-corrected chi connectivity index (χ0v) is 15.8. The van der Waals surface area contributed by atoms with Gasteiger partial charge >= 0.3 is 6.03 Å². The molecule has 1 atom stereocenters. The van der Waals surface area contributed by atoms with Gasteiger partial charge in [-0.05, 0) is 35.4 Å². The smallest absolute Gasteiger partial charge is 0.315 e. The Kier molecular flexibility index (Phi) is 6.92. The molecular weight excluding hydrogens is 366 g/mol. The number of urea groups is 1. The highest BCUT2D eigenvalue weighted by Crippen LogP contribution is 2.20. The lowest BCUT2D eigenvalue weighted by atomic mass is 10.1. The fourth-order valence-electron chi connectivity index (χ4n) is 2.88. The van der Waals surface area contributed by atoms with Crippen LogP contribution in [0.3, 0.4) is 0 Å². The molecule has 144 valence electrons. The molecule has 0 aromatic heterocycles. The van der Waals surface area contributed by atoms with E-state index in [1.165, 1.54) is 0 Å². The third-order valence-corrected chi connectivity index (χ3v) is 4.73. The Bertz CT molecular complexity index is 731. The molecular formula is C20H24ClN3O3. The van der Waals surface area contributed by atoms with Crippen LogP contribution >= 0.6 is 11.6 Å². The molecule has 0 aliphatic carbocycles. The van der Waals surface area contributed by atoms with Gasteiger partial charge in [0.1, 0.15) is 0 Å². The second-order valence-corrected chi connectivity index (χ2v) is 6.83. The number of halogens is 1. The number of carbonyl (C=O) groups is 1. The number of benzene rings is 2. The van der Waals surface area contributed by atoms with E-state index in [1.54, 1.807) is 12.1 Å². The number of aliphatic hydroxyl groups is 1. The van der Waals surface area contributed by atoms with Crippen molar-refractivity contribution in [1.29, 1.82) is 0 Å². The van der Waals surface area contributed by atoms with Crippen LogP contribution in [0.5, 0.6) is 0 Å². The third kappa shape index (κ3) is 5.85. The molecule has 0 saturated carbocycles. The van der Waals surface area contributed by atoms with Crippen LogP contribution in [0.2, 0.25) is 5.02 Å². The molecule has 2 aromatic rings. The molecule has 3 N–H and O–H groups in total. The number of nitrogens with zero attached hydrogens (tertiary/aromatic N) is 1. The summed E-state index contributed by atoms with van der Waals surface area (Å²) < 4.78 is 5.36. The maximum atomic E-state index is 11.9. The summed E-state index contributed by atoms with van der Waals surface area (Å²) in [6.07, 6.45) is -0.759. The molecule has 1 aliphatic rings. The van der Waals surface area contributed by atoms with Crippen molar-refractivity contribution < 1.29 is 14.6 Å². The van der Waals surface area contributed by atoms with Crippen molar-refractivity contribution >= 4 is 23.3 Å². The number of hydrogen-bond donors (Lipinski definition) is 3. The first-order valence-electron chi connectivity index (χ1n) is 8.99. The Morgan fingerprint density at radius 2 is 1.74 bits per heavy atom. The van der Waals surface area contributed by atoms with Crippen molar-refractivity contribution in [3.05, 3.63) is 64.7 Å². The molecule has 0 bridgehead atoms. The molecule has 2 amide bonds. The van der Waals surface area contributed by atoms with Gasteiger partial charge in [0.25, 0.3) is 0 Å². The number of morpholine rings is 1. The molecule has 6 nitrogen and oxygen atoms in total. The first-order chi connectivity index (χ1) is 13.1. The Balaban J connectivity index is 1.43. The predicted molar refractivity (Wildman–Crippen MR) is 106 cm³/mol. The highest BCUT2D eigenvalue weighted by Gasteiger charge is 2.13. The lowest BCUT2D eigenvalue weighted by molar-refractivity contribution is 0.122. The number of anilines is 1. The van der Waals surface area contributed by atoms with Crippen LogP contribution in [-0.4, -0.2) is 44.0 Å². The van der Waals surface area contributed by atoms with Crippen molar-refractivity contribution in [2.75, 3.05) is 37.7 Å². The van der Waals surface area contributed by atoms with E-state index in [0.717, 1.165) is 43.1 Å². The summed E-state index contributed by atoms with van der Waals surface area (Å²) in [5, 5.41) is 16.4. The van der Waals surface area contributed by atoms with Crippen molar-refractivity contribution in [3.63, 3.8) is 0 Å². The standard InChI is InChI=1S/C20H24ClN3O3/c21-17-5-1-15(2-6-17)13-22-20(26)23-14-19(25)16-3-7-18(8-4-16)24-9-11-27-12-10-24/h1-8,19,25H,9-14H2,(H2,22,23,26). The van der Waals surface area contributed by atoms with Crippen LogP contribution in [-0.2, 0) is 11.3 Å². The minimum absolute atomic E-state index is 0.142. The van der Waals surface area contributed by atoms with E-state index in [2.05, 4.69) is 15.5 Å². The fourth-order valence-corrected chi connectivity index (χ4v) is 3.01. The van der Waals surface area contributed by atoms with Crippen LogP contribution in [0.25, 0.3) is 0 Å². The van der Waals surface area contributed by atoms with Gasteiger partial charge in [-0.25, -0.2) is 4.79 Å². The van der Waals surface area contributed by atoms with Crippen LogP contribution in [0, 0.1) is 0 Å². The lowest BCUT2D eigenvalue weighted by Crippen LogP contribution is -2.37. The van der Waals surface area contributed by atoms with Gasteiger partial charge in [-0.15, -0.1) is 0 Å². The normalized spacial score (nSPS) is 15.3. The number of rotatable bonds is 6. The van der Waals surface area contributed by atoms with Gasteiger partial charge in [-0.3, -0.25) is 0 Å². The van der Waals surface area contributed by atoms with Gasteiger partial charge in [-0.2, -0.15) is 0 Å². The fraction of sp³-hybridized carbons (Fsp3) is 0.350. The van der Waals surface area contributed by atoms with Gasteiger partial charge < -0.3 is 25.4 Å². The van der Waals surface area contributed by atoms with Crippen LogP contribution < -0.4 is 15.5 Å². The van der Waals surface area contributed by atoms with E-state index in [1.807, 2.05) is 36.4 Å². The Morgan fingerprint density at radius 1 is 1.07 bits per heavy atom. The van der Waals surface area contributed by atoms with Crippen LogP contribution in [0.1, 0.15) is 17.2 Å². The minimum Gasteiger partial charge on any atom is -0.387 e. The largest absolute Gasteiger partial charge is 0.387 e. The minimum atomic E-state index is -0.759. The van der Waals surface area contributed by atoms with Crippen molar-refractivity contribution in [1.82, 2.24) is 10.6 Å². The number of nitrogens with one attached hydrogen (secondary N) is 2. The van der Waals surface area contributed by atoms with Gasteiger partial charge in [0.05, 0.1) is 19.3 Å². The van der Waals surface area contributed by atoms with Crippen molar-refractivity contribution in [2.45, 2.75) is 12.6 Å². The molecule has 27 heavy (non-hydrogen) atoms. The summed E-state index contributed by atoms with van der Waals surface area (Å²) in [7, 11) is 0. The first-order valence-corrected chi connectivity index (χ1v) is 9.36. The number of amides is 2. The van der Waals surface area contributed by atoms with Crippen LogP contribution in [0.4, 0.5) is 10.5 Å². The number of carbonyl (C=O) groups excluding carboxylic acids is 1. The topological polar surface area (TPSA) is 73.8 Å². The second-order valence-electron chi connectivity index (χ2n) is 6.40. The second kappa shape index (κ2) is 9.60. The third-order valence-electron chi connectivity index (χ3n) is 4.48. The molecule has 1 heterocycles. The van der Waals surface area contributed by atoms with E-state index in [0.29, 0.717) is 11.6 Å². The van der Waals surface area contributed by atoms with E-state index in [4.69, 9.17) is 16.3 Å². The molecule has 3 rings (SSSR count). The van der Waals surface area contributed by atoms with E-state index in [-0.39, 0.29) is 12.6 Å². The molecule has 0 spiro atoms. The maximum Gasteiger partial charge on any atom is 0.315 e. The molecule has 1 aliphatic heterocycles. The summed E-state index contributed by atoms with van der Waals surface area (Å²) in [4.78, 5) is 14.2. The summed E-state index contributed by atoms with van der Waals surface area (Å²) in [6, 6.07) is 14.7. The average molecular weight is 390 g/mol. The van der Waals surface area contributed by atoms with Crippen LogP contribution in [0.15, 0.2) is 48.5 Å². The van der Waals surface area contributed by atoms with Gasteiger partial charge in [-0.1, -0.05) is 35.9 Å². The first kappa shape index (κ1) is 19.5. The number of ether oxygens (including phenoxy) is 1. The summed E-state index contributed by atoms with van der Waals surface area (Å²) in [5.74, 6) is 0. The molecule has 1 saturated heterocycles. The zero-order chi connectivity index (χ0) is 19.1. The Hall–Kier alpha value is -2.28. The van der Waals surface area contributed by atoms with Crippen molar-refractivity contribution in [2.24, 2.45) is 0 Å². The van der Waals surface area contributed by atoms with Crippen molar-refractivity contribution in [3.8, 4) is 0 Å². The molecule has 1 fully saturated rings. The Labute approximate surface area is 164 Å². The van der Waals surface area contributed by atoms with E-state index < -0.39 is 6.10 Å². The summed E-state index contributed by atoms with van der Waals surface area (Å²) in [6.45, 7) is 3.75. The maximum absolute atomic E-state index is 11.9. The number of aliphatic hydroxyl groups excluding tert-OH is 1. The summed E-state index contributed by atoms with van der Waals surface area (Å²) in [5.41, 5.74) is 2.83. The summed E-state index contributed by atoms with van der Waals surface area (Å²) >= 11 is 5.84. The van der Waals surface area contributed by atoms with Gasteiger partial charge in [0.15, 0.2) is 0 Å². The molecule has 1 unspecified atom stereocenters. The number of hydrogen-bond acceptors (Lipinski definition) is 4. The molecule has 2 aromatic carbocycles. The van der Waals surface area contributed by atoms with E-state index in [9.17, 15) is 9.90 Å². The van der Waals surface area contributed by atoms with Gasteiger partial charge in [0.2, 0.25) is 0 Å². The molecule has 0 radical (unpaired) electrons. The SMILES string of the molecule is O=C(NCc1ccc(Cl)cc1)NCC(O)c1ccc(N2CCOCC2)cc1. The van der Waals surface area contributed by atoms with E-state index >= 15 is 0 Å². The highest BCUT2D eigenvalue weighted by atomic mass is 35.5. The predicted octanol–water partition coefficient (Wildman–Crippen LogP) is 2.71. The Morgan fingerprint density at radius 3 is 2.41 bits per heavy atom.